The average molecular weight is 535 g/mol. The van der Waals surface area contributed by atoms with E-state index >= 15 is 0 Å². The van der Waals surface area contributed by atoms with Crippen molar-refractivity contribution < 1.29 is 28.3 Å². The standard InChI is InChI=1S/C27H23ClN4O6/c1-2-37-27(36)18-5-9-21(10-6-18)32-26(35)25(34)31-16-23-12-11-22(38-23)13-19(14-29)24(33)30-15-17-3-7-20(28)8-4-17/h3-13H,2,15-16H2,1H3,(H,30,33)(H,31,34)(H,32,35)/b19-13-. The zero-order valence-electron chi connectivity index (χ0n) is 20.2. The van der Waals surface area contributed by atoms with E-state index in [1.165, 1.54) is 36.4 Å². The number of furan rings is 1. The van der Waals surface area contributed by atoms with Crippen LogP contribution >= 0.6 is 11.6 Å². The van der Waals surface area contributed by atoms with E-state index in [1.54, 1.807) is 37.3 Å². The second kappa shape index (κ2) is 13.4. The molecular weight excluding hydrogens is 512 g/mol. The number of halogens is 1. The van der Waals surface area contributed by atoms with Gasteiger partial charge in [0, 0.05) is 23.3 Å². The Bertz CT molecular complexity index is 1390. The minimum atomic E-state index is -0.912. The molecule has 0 saturated heterocycles. The molecule has 3 aromatic rings. The minimum Gasteiger partial charge on any atom is -0.462 e. The molecule has 0 saturated carbocycles. The van der Waals surface area contributed by atoms with Crippen LogP contribution in [0.25, 0.3) is 6.08 Å². The first-order chi connectivity index (χ1) is 18.3. The van der Waals surface area contributed by atoms with Crippen molar-refractivity contribution in [2.75, 3.05) is 11.9 Å². The molecule has 1 aromatic heterocycles. The molecule has 0 unspecified atom stereocenters. The number of hydrogen-bond acceptors (Lipinski definition) is 7. The summed E-state index contributed by atoms with van der Waals surface area (Å²) in [7, 11) is 0. The van der Waals surface area contributed by atoms with Crippen molar-refractivity contribution in [2.24, 2.45) is 0 Å². The third-order valence-electron chi connectivity index (χ3n) is 4.98. The summed E-state index contributed by atoms with van der Waals surface area (Å²) >= 11 is 5.84. The first-order valence-electron chi connectivity index (χ1n) is 11.4. The Kier molecular flexibility index (Phi) is 9.79. The Morgan fingerprint density at radius 3 is 2.26 bits per heavy atom. The van der Waals surface area contributed by atoms with E-state index < -0.39 is 23.7 Å². The molecule has 194 valence electrons. The first kappa shape index (κ1) is 27.7. The Hall–Kier alpha value is -4.88. The van der Waals surface area contributed by atoms with Crippen LogP contribution in [0, 0.1) is 11.3 Å². The van der Waals surface area contributed by atoms with Gasteiger partial charge in [-0.25, -0.2) is 4.79 Å². The number of rotatable bonds is 9. The van der Waals surface area contributed by atoms with Gasteiger partial charge in [0.25, 0.3) is 5.91 Å². The van der Waals surface area contributed by atoms with Gasteiger partial charge in [0.1, 0.15) is 23.2 Å². The van der Waals surface area contributed by atoms with Crippen LogP contribution in [0.4, 0.5) is 5.69 Å². The molecule has 0 atom stereocenters. The van der Waals surface area contributed by atoms with E-state index in [9.17, 15) is 24.4 Å². The zero-order chi connectivity index (χ0) is 27.5. The quantitative estimate of drug-likeness (QED) is 0.164. The van der Waals surface area contributed by atoms with Gasteiger partial charge in [-0.1, -0.05) is 23.7 Å². The molecule has 0 spiro atoms. The lowest BCUT2D eigenvalue weighted by molar-refractivity contribution is -0.136. The molecule has 0 aliphatic carbocycles. The molecule has 0 fully saturated rings. The second-order valence-corrected chi connectivity index (χ2v) is 8.15. The number of nitrogens with zero attached hydrogens (tertiary/aromatic N) is 1. The number of esters is 1. The molecule has 3 amide bonds. The molecule has 11 heteroatoms. The summed E-state index contributed by atoms with van der Waals surface area (Å²) < 4.78 is 10.4. The highest BCUT2D eigenvalue weighted by Crippen LogP contribution is 2.14. The number of carbonyl (C=O) groups is 4. The molecule has 38 heavy (non-hydrogen) atoms. The summed E-state index contributed by atoms with van der Waals surface area (Å²) in [5.41, 5.74) is 1.28. The number of hydrogen-bond donors (Lipinski definition) is 3. The largest absolute Gasteiger partial charge is 0.462 e. The summed E-state index contributed by atoms with van der Waals surface area (Å²) in [6.45, 7) is 2.04. The summed E-state index contributed by atoms with van der Waals surface area (Å²) in [5, 5.41) is 17.4. The maximum absolute atomic E-state index is 12.4. The number of anilines is 1. The van der Waals surface area contributed by atoms with Gasteiger partial charge in [0.15, 0.2) is 0 Å². The maximum Gasteiger partial charge on any atom is 0.338 e. The highest BCUT2D eigenvalue weighted by molar-refractivity contribution is 6.39. The Morgan fingerprint density at radius 1 is 0.921 bits per heavy atom. The molecular formula is C27H23ClN4O6. The molecule has 0 bridgehead atoms. The van der Waals surface area contributed by atoms with Crippen LogP contribution in [0.3, 0.4) is 0 Å². The summed E-state index contributed by atoms with van der Waals surface area (Å²) in [5.74, 6) is -2.37. The SMILES string of the molecule is CCOC(=O)c1ccc(NC(=O)C(=O)NCc2ccc(/C=C(/C#N)C(=O)NCc3ccc(Cl)cc3)o2)cc1. The van der Waals surface area contributed by atoms with Crippen molar-refractivity contribution in [3.05, 3.63) is 93.9 Å². The van der Waals surface area contributed by atoms with Crippen LogP contribution in [0.5, 0.6) is 0 Å². The first-order valence-corrected chi connectivity index (χ1v) is 11.8. The molecule has 10 nitrogen and oxygen atoms in total. The molecule has 2 aromatic carbocycles. The van der Waals surface area contributed by atoms with E-state index in [2.05, 4.69) is 16.0 Å². The predicted octanol–water partition coefficient (Wildman–Crippen LogP) is 3.59. The zero-order valence-corrected chi connectivity index (χ0v) is 21.0. The van der Waals surface area contributed by atoms with Gasteiger partial charge in [-0.05, 0) is 61.0 Å². The fourth-order valence-corrected chi connectivity index (χ4v) is 3.20. The van der Waals surface area contributed by atoms with E-state index in [0.29, 0.717) is 22.0 Å². The van der Waals surface area contributed by atoms with Crippen molar-refractivity contribution >= 4 is 47.1 Å². The highest BCUT2D eigenvalue weighted by Gasteiger charge is 2.15. The normalized spacial score (nSPS) is 10.7. The van der Waals surface area contributed by atoms with Crippen LogP contribution in [0.2, 0.25) is 5.02 Å². The Morgan fingerprint density at radius 2 is 1.61 bits per heavy atom. The fourth-order valence-electron chi connectivity index (χ4n) is 3.08. The van der Waals surface area contributed by atoms with Gasteiger partial charge < -0.3 is 25.1 Å². The molecule has 0 aliphatic heterocycles. The maximum atomic E-state index is 12.4. The van der Waals surface area contributed by atoms with Gasteiger partial charge in [0.05, 0.1) is 18.7 Å². The average Bonchev–Trinajstić information content (AvgIpc) is 3.37. The van der Waals surface area contributed by atoms with Gasteiger partial charge in [0.2, 0.25) is 0 Å². The van der Waals surface area contributed by atoms with Gasteiger partial charge in [-0.3, -0.25) is 14.4 Å². The van der Waals surface area contributed by atoms with E-state index in [-0.39, 0.29) is 31.0 Å². The summed E-state index contributed by atoms with van der Waals surface area (Å²) in [6.07, 6.45) is 1.27. The van der Waals surface area contributed by atoms with Crippen LogP contribution in [-0.4, -0.2) is 30.3 Å². The summed E-state index contributed by atoms with van der Waals surface area (Å²) in [4.78, 5) is 48.4. The van der Waals surface area contributed by atoms with Crippen molar-refractivity contribution in [3.63, 3.8) is 0 Å². The molecule has 3 rings (SSSR count). The third-order valence-corrected chi connectivity index (χ3v) is 5.24. The second-order valence-electron chi connectivity index (χ2n) is 7.72. The van der Waals surface area contributed by atoms with Gasteiger partial charge in [-0.15, -0.1) is 0 Å². The predicted molar refractivity (Wildman–Crippen MR) is 138 cm³/mol. The van der Waals surface area contributed by atoms with Crippen LogP contribution in [0.1, 0.15) is 34.4 Å². The lowest BCUT2D eigenvalue weighted by Gasteiger charge is -2.07. The lowest BCUT2D eigenvalue weighted by Crippen LogP contribution is -2.34. The van der Waals surface area contributed by atoms with Crippen LogP contribution in [-0.2, 0) is 32.2 Å². The van der Waals surface area contributed by atoms with Crippen molar-refractivity contribution in [2.45, 2.75) is 20.0 Å². The molecule has 3 N–H and O–H groups in total. The number of ether oxygens (including phenoxy) is 1. The van der Waals surface area contributed by atoms with Crippen molar-refractivity contribution in [3.8, 4) is 6.07 Å². The molecule has 0 radical (unpaired) electrons. The van der Waals surface area contributed by atoms with Crippen LogP contribution < -0.4 is 16.0 Å². The summed E-state index contributed by atoms with van der Waals surface area (Å²) in [6, 6.07) is 17.7. The Balaban J connectivity index is 1.50. The fraction of sp³-hybridized carbons (Fsp3) is 0.148. The number of nitriles is 1. The van der Waals surface area contributed by atoms with E-state index in [0.717, 1.165) is 5.56 Å². The van der Waals surface area contributed by atoms with Crippen molar-refractivity contribution in [1.29, 1.82) is 5.26 Å². The number of amides is 3. The topological polar surface area (TPSA) is 151 Å². The lowest BCUT2D eigenvalue weighted by atomic mass is 10.2. The van der Waals surface area contributed by atoms with Gasteiger partial charge >= 0.3 is 17.8 Å². The van der Waals surface area contributed by atoms with Crippen LogP contribution in [0.15, 0.2) is 70.7 Å². The number of carbonyl (C=O) groups excluding carboxylic acids is 4. The van der Waals surface area contributed by atoms with E-state index in [1.807, 2.05) is 6.07 Å². The van der Waals surface area contributed by atoms with E-state index in [4.69, 9.17) is 20.8 Å². The molecule has 1 heterocycles. The minimum absolute atomic E-state index is 0.105. The van der Waals surface area contributed by atoms with Gasteiger partial charge in [-0.2, -0.15) is 5.26 Å². The monoisotopic (exact) mass is 534 g/mol. The Labute approximate surface area is 223 Å². The smallest absolute Gasteiger partial charge is 0.338 e. The van der Waals surface area contributed by atoms with Crippen molar-refractivity contribution in [1.82, 2.24) is 10.6 Å². The molecule has 0 aliphatic rings. The number of benzene rings is 2. The number of nitrogens with one attached hydrogen (secondary N) is 3. The highest BCUT2D eigenvalue weighted by atomic mass is 35.5. The third kappa shape index (κ3) is 8.08.